The maximum atomic E-state index is 11.7. The van der Waals surface area contributed by atoms with Crippen LogP contribution in [0.2, 0.25) is 0 Å². The van der Waals surface area contributed by atoms with E-state index in [0.29, 0.717) is 4.47 Å². The third-order valence-corrected chi connectivity index (χ3v) is 2.82. The summed E-state index contributed by atoms with van der Waals surface area (Å²) in [7, 11) is 0. The van der Waals surface area contributed by atoms with Crippen LogP contribution < -0.4 is 5.56 Å². The summed E-state index contributed by atoms with van der Waals surface area (Å²) in [5.74, 6) is -0.0278. The van der Waals surface area contributed by atoms with E-state index in [4.69, 9.17) is 0 Å². The first kappa shape index (κ1) is 13.9. The normalized spacial score (nSPS) is 12.8. The maximum Gasteiger partial charge on any atom is 0.335 e. The predicted octanol–water partition coefficient (Wildman–Crippen LogP) is 1.54. The maximum absolute atomic E-state index is 11.7. The van der Waals surface area contributed by atoms with Gasteiger partial charge in [0.05, 0.1) is 17.6 Å². The number of aliphatic hydroxyl groups is 1. The highest BCUT2D eigenvalue weighted by Gasteiger charge is 2.18. The highest BCUT2D eigenvalue weighted by molar-refractivity contribution is 9.10. The van der Waals surface area contributed by atoms with E-state index in [1.54, 1.807) is 0 Å². The van der Waals surface area contributed by atoms with E-state index in [9.17, 15) is 20.0 Å². The number of nitro groups is 1. The summed E-state index contributed by atoms with van der Waals surface area (Å²) < 4.78 is 1.58. The third-order valence-electron chi connectivity index (χ3n) is 2.38. The van der Waals surface area contributed by atoms with Gasteiger partial charge in [-0.3, -0.25) is 14.9 Å². The highest BCUT2D eigenvalue weighted by Crippen LogP contribution is 2.14. The van der Waals surface area contributed by atoms with Crippen LogP contribution in [0, 0.1) is 16.0 Å². The van der Waals surface area contributed by atoms with Crippen molar-refractivity contribution in [1.29, 1.82) is 0 Å². The molecule has 0 bridgehead atoms. The fraction of sp³-hybridized carbons (Fsp3) is 0.500. The van der Waals surface area contributed by atoms with Crippen molar-refractivity contribution in [2.24, 2.45) is 5.92 Å². The summed E-state index contributed by atoms with van der Waals surface area (Å²) in [6, 6.07) is 1.15. The second kappa shape index (κ2) is 5.42. The Labute approximate surface area is 106 Å². The minimum Gasteiger partial charge on any atom is -0.391 e. The van der Waals surface area contributed by atoms with Crippen molar-refractivity contribution in [3.05, 3.63) is 37.2 Å². The van der Waals surface area contributed by atoms with Crippen molar-refractivity contribution in [1.82, 2.24) is 4.57 Å². The Kier molecular flexibility index (Phi) is 4.41. The van der Waals surface area contributed by atoms with Gasteiger partial charge in [-0.1, -0.05) is 13.8 Å². The molecule has 1 heterocycles. The van der Waals surface area contributed by atoms with E-state index in [2.05, 4.69) is 15.9 Å². The van der Waals surface area contributed by atoms with Crippen molar-refractivity contribution < 1.29 is 10.0 Å². The molecule has 0 saturated heterocycles. The lowest BCUT2D eigenvalue weighted by atomic mass is 10.1. The van der Waals surface area contributed by atoms with Crippen LogP contribution in [0.15, 0.2) is 21.5 Å². The van der Waals surface area contributed by atoms with Crippen LogP contribution in [0.3, 0.4) is 0 Å². The zero-order valence-corrected chi connectivity index (χ0v) is 11.0. The number of aliphatic hydroxyl groups excluding tert-OH is 1. The van der Waals surface area contributed by atoms with Gasteiger partial charge in [0, 0.05) is 16.7 Å². The molecule has 0 aliphatic heterocycles. The summed E-state index contributed by atoms with van der Waals surface area (Å²) in [5, 5.41) is 20.3. The van der Waals surface area contributed by atoms with E-state index in [1.165, 1.54) is 6.20 Å². The lowest BCUT2D eigenvalue weighted by molar-refractivity contribution is -0.386. The average Bonchev–Trinajstić information content (AvgIpc) is 2.22. The fourth-order valence-corrected chi connectivity index (χ4v) is 1.73. The minimum atomic E-state index is -0.731. The van der Waals surface area contributed by atoms with Gasteiger partial charge in [-0.2, -0.15) is 0 Å². The van der Waals surface area contributed by atoms with Gasteiger partial charge in [0.1, 0.15) is 0 Å². The SMILES string of the molecule is CC(C)C(O)Cn1cc(Br)cc([N+](=O)[O-])c1=O. The first-order valence-corrected chi connectivity index (χ1v) is 5.84. The average molecular weight is 305 g/mol. The molecule has 0 saturated carbocycles. The molecule has 1 N–H and O–H groups in total. The van der Waals surface area contributed by atoms with Gasteiger partial charge in [-0.15, -0.1) is 0 Å². The van der Waals surface area contributed by atoms with E-state index in [-0.39, 0.29) is 12.5 Å². The molecule has 0 fully saturated rings. The molecule has 1 aromatic heterocycles. The van der Waals surface area contributed by atoms with E-state index < -0.39 is 22.3 Å². The number of rotatable bonds is 4. The Balaban J connectivity index is 3.17. The number of hydrogen-bond donors (Lipinski definition) is 1. The zero-order chi connectivity index (χ0) is 13.2. The standard InChI is InChI=1S/C10H13BrN2O4/c1-6(2)9(14)5-12-4-7(11)3-8(10(12)15)13(16)17/h3-4,6,9,14H,5H2,1-2H3. The molecule has 0 radical (unpaired) electrons. The van der Waals surface area contributed by atoms with Crippen molar-refractivity contribution in [2.75, 3.05) is 0 Å². The van der Waals surface area contributed by atoms with Gasteiger partial charge in [0.15, 0.2) is 0 Å². The second-order valence-electron chi connectivity index (χ2n) is 4.07. The Morgan fingerprint density at radius 3 is 2.65 bits per heavy atom. The number of hydrogen-bond acceptors (Lipinski definition) is 4. The number of nitrogens with zero attached hydrogens (tertiary/aromatic N) is 2. The Hall–Kier alpha value is -1.21. The highest BCUT2D eigenvalue weighted by atomic mass is 79.9. The minimum absolute atomic E-state index is 0.0278. The fourth-order valence-electron chi connectivity index (χ4n) is 1.26. The molecular weight excluding hydrogens is 292 g/mol. The molecule has 0 aliphatic carbocycles. The van der Waals surface area contributed by atoms with Crippen LogP contribution >= 0.6 is 15.9 Å². The first-order chi connectivity index (χ1) is 7.82. The van der Waals surface area contributed by atoms with Gasteiger partial charge in [-0.05, 0) is 21.8 Å². The number of pyridine rings is 1. The summed E-state index contributed by atoms with van der Waals surface area (Å²) in [4.78, 5) is 21.6. The molecule has 1 rings (SSSR count). The predicted molar refractivity (Wildman–Crippen MR) is 65.9 cm³/mol. The molecule has 6 nitrogen and oxygen atoms in total. The third kappa shape index (κ3) is 3.37. The van der Waals surface area contributed by atoms with E-state index in [0.717, 1.165) is 10.6 Å². The van der Waals surface area contributed by atoms with Crippen LogP contribution in [0.1, 0.15) is 13.8 Å². The van der Waals surface area contributed by atoms with Crippen LogP contribution in [0.5, 0.6) is 0 Å². The van der Waals surface area contributed by atoms with Crippen molar-refractivity contribution in [2.45, 2.75) is 26.5 Å². The summed E-state index contributed by atoms with van der Waals surface area (Å²) >= 11 is 3.10. The Morgan fingerprint density at radius 1 is 1.59 bits per heavy atom. The zero-order valence-electron chi connectivity index (χ0n) is 9.46. The summed E-state index contributed by atoms with van der Waals surface area (Å²) in [5.41, 5.74) is -1.21. The van der Waals surface area contributed by atoms with Crippen LogP contribution in [-0.2, 0) is 6.54 Å². The Bertz CT molecular complexity index is 484. The lowest BCUT2D eigenvalue weighted by Gasteiger charge is -2.15. The monoisotopic (exact) mass is 304 g/mol. The number of aromatic nitrogens is 1. The van der Waals surface area contributed by atoms with Crippen LogP contribution in [-0.4, -0.2) is 20.7 Å². The second-order valence-corrected chi connectivity index (χ2v) is 4.99. The summed E-state index contributed by atoms with van der Waals surface area (Å²) in [6.07, 6.45) is 0.711. The molecule has 0 aliphatic rings. The van der Waals surface area contributed by atoms with Gasteiger partial charge in [-0.25, -0.2) is 0 Å². The van der Waals surface area contributed by atoms with E-state index >= 15 is 0 Å². The van der Waals surface area contributed by atoms with Crippen molar-refractivity contribution in [3.63, 3.8) is 0 Å². The molecule has 94 valence electrons. The number of halogens is 1. The quantitative estimate of drug-likeness (QED) is 0.675. The molecule has 7 heteroatoms. The first-order valence-electron chi connectivity index (χ1n) is 5.05. The molecular formula is C10H13BrN2O4. The van der Waals surface area contributed by atoms with Gasteiger partial charge in [0.2, 0.25) is 0 Å². The van der Waals surface area contributed by atoms with Crippen LogP contribution in [0.4, 0.5) is 5.69 Å². The molecule has 0 aromatic carbocycles. The molecule has 1 unspecified atom stereocenters. The molecule has 1 atom stereocenters. The summed E-state index contributed by atoms with van der Waals surface area (Å²) in [6.45, 7) is 3.65. The molecule has 17 heavy (non-hydrogen) atoms. The topological polar surface area (TPSA) is 85.4 Å². The molecule has 1 aromatic rings. The van der Waals surface area contributed by atoms with Gasteiger partial charge < -0.3 is 9.67 Å². The van der Waals surface area contributed by atoms with Crippen LogP contribution in [0.25, 0.3) is 0 Å². The van der Waals surface area contributed by atoms with Crippen molar-refractivity contribution >= 4 is 21.6 Å². The lowest BCUT2D eigenvalue weighted by Crippen LogP contribution is -2.30. The smallest absolute Gasteiger partial charge is 0.335 e. The van der Waals surface area contributed by atoms with Gasteiger partial charge >= 0.3 is 11.2 Å². The molecule has 0 amide bonds. The van der Waals surface area contributed by atoms with Gasteiger partial charge in [0.25, 0.3) is 0 Å². The largest absolute Gasteiger partial charge is 0.391 e. The molecule has 0 spiro atoms. The Morgan fingerprint density at radius 2 is 2.18 bits per heavy atom. The van der Waals surface area contributed by atoms with E-state index in [1.807, 2.05) is 13.8 Å². The van der Waals surface area contributed by atoms with Crippen molar-refractivity contribution in [3.8, 4) is 0 Å².